The molecule has 0 aliphatic carbocycles. The second-order valence-electron chi connectivity index (χ2n) is 8.06. The van der Waals surface area contributed by atoms with E-state index in [2.05, 4.69) is 30.2 Å². The molecular weight excluding hydrogens is 469 g/mol. The number of nitrogens with zero attached hydrogens (tertiary/aromatic N) is 6. The van der Waals surface area contributed by atoms with Crippen LogP contribution in [0.5, 0.6) is 0 Å². The van der Waals surface area contributed by atoms with Crippen molar-refractivity contribution in [2.45, 2.75) is 13.5 Å². The van der Waals surface area contributed by atoms with Gasteiger partial charge in [0.05, 0.1) is 28.5 Å². The summed E-state index contributed by atoms with van der Waals surface area (Å²) >= 11 is 1.50. The summed E-state index contributed by atoms with van der Waals surface area (Å²) in [5.41, 5.74) is 4.57. The van der Waals surface area contributed by atoms with Gasteiger partial charge in [0.25, 0.3) is 0 Å². The fourth-order valence-electron chi connectivity index (χ4n) is 3.90. The summed E-state index contributed by atoms with van der Waals surface area (Å²) in [6, 6.07) is 9.36. The number of ether oxygens (including phenoxy) is 1. The molecule has 0 spiro atoms. The Morgan fingerprint density at radius 2 is 1.97 bits per heavy atom. The van der Waals surface area contributed by atoms with Crippen LogP contribution in [0.25, 0.3) is 21.5 Å². The lowest BCUT2D eigenvalue weighted by Crippen LogP contribution is -2.48. The van der Waals surface area contributed by atoms with E-state index in [0.29, 0.717) is 31.1 Å². The lowest BCUT2D eigenvalue weighted by Gasteiger charge is -2.33. The molecule has 9 nitrogen and oxygen atoms in total. The second kappa shape index (κ2) is 10.3. The van der Waals surface area contributed by atoms with Crippen molar-refractivity contribution in [2.75, 3.05) is 38.1 Å². The fourth-order valence-corrected chi connectivity index (χ4v) is 4.62. The number of rotatable bonds is 6. The van der Waals surface area contributed by atoms with Gasteiger partial charge in [0.15, 0.2) is 5.82 Å². The van der Waals surface area contributed by atoms with E-state index >= 15 is 0 Å². The van der Waals surface area contributed by atoms with E-state index in [4.69, 9.17) is 4.74 Å². The molecule has 3 aromatic heterocycles. The lowest BCUT2D eigenvalue weighted by molar-refractivity contribution is 0.0778. The first-order chi connectivity index (χ1) is 17.1. The Labute approximate surface area is 205 Å². The van der Waals surface area contributed by atoms with Crippen molar-refractivity contribution in [1.29, 1.82) is 0 Å². The highest BCUT2D eigenvalue weighted by molar-refractivity contribution is 7.16. The highest BCUT2D eigenvalue weighted by atomic mass is 32.1. The van der Waals surface area contributed by atoms with Crippen molar-refractivity contribution in [3.8, 4) is 11.3 Å². The first-order valence-corrected chi connectivity index (χ1v) is 12.2. The summed E-state index contributed by atoms with van der Waals surface area (Å²) in [6.45, 7) is 5.78. The predicted molar refractivity (Wildman–Crippen MR) is 132 cm³/mol. The molecule has 4 aromatic rings. The van der Waals surface area contributed by atoms with Crippen molar-refractivity contribution in [2.24, 2.45) is 0 Å². The lowest BCUT2D eigenvalue weighted by atomic mass is 10.1. The molecule has 0 unspecified atom stereocenters. The van der Waals surface area contributed by atoms with Gasteiger partial charge in [0.1, 0.15) is 11.5 Å². The van der Waals surface area contributed by atoms with E-state index in [1.807, 2.05) is 31.2 Å². The van der Waals surface area contributed by atoms with Gasteiger partial charge in [-0.25, -0.2) is 29.1 Å². The van der Waals surface area contributed by atoms with E-state index in [0.717, 1.165) is 41.6 Å². The number of benzene rings is 1. The molecule has 11 heteroatoms. The number of carbonyl (C=O) groups is 1. The Kier molecular flexibility index (Phi) is 6.77. The number of carbonyl (C=O) groups excluding carboxylic acids is 1. The van der Waals surface area contributed by atoms with Crippen molar-refractivity contribution in [3.05, 3.63) is 59.6 Å². The topological polar surface area (TPSA) is 96.4 Å². The first-order valence-electron chi connectivity index (χ1n) is 11.3. The summed E-state index contributed by atoms with van der Waals surface area (Å²) in [4.78, 5) is 33.0. The number of pyridine rings is 1. The molecule has 1 aromatic carbocycles. The smallest absolute Gasteiger partial charge is 0.409 e. The summed E-state index contributed by atoms with van der Waals surface area (Å²) in [7, 11) is 0. The van der Waals surface area contributed by atoms with Gasteiger partial charge in [0, 0.05) is 44.5 Å². The molecule has 1 aliphatic rings. The third-order valence-corrected chi connectivity index (χ3v) is 6.51. The van der Waals surface area contributed by atoms with Crippen LogP contribution in [0.1, 0.15) is 12.5 Å². The van der Waals surface area contributed by atoms with Gasteiger partial charge in [-0.2, -0.15) is 0 Å². The molecule has 0 saturated carbocycles. The molecule has 1 fully saturated rings. The summed E-state index contributed by atoms with van der Waals surface area (Å²) in [5.74, 6) is 0.336. The Bertz CT molecular complexity index is 1320. The molecule has 1 N–H and O–H groups in total. The van der Waals surface area contributed by atoms with E-state index in [1.54, 1.807) is 22.7 Å². The molecule has 4 heterocycles. The Morgan fingerprint density at radius 1 is 1.11 bits per heavy atom. The zero-order valence-electron chi connectivity index (χ0n) is 19.1. The number of hydrogen-bond acceptors (Lipinski definition) is 9. The summed E-state index contributed by atoms with van der Waals surface area (Å²) in [6.07, 6.45) is 2.70. The number of aromatic nitrogens is 4. The number of hydrogen-bond donors (Lipinski definition) is 1. The minimum absolute atomic E-state index is 0.219. The van der Waals surface area contributed by atoms with Gasteiger partial charge in [-0.1, -0.05) is 12.1 Å². The van der Waals surface area contributed by atoms with Crippen LogP contribution in [-0.2, 0) is 11.3 Å². The van der Waals surface area contributed by atoms with Gasteiger partial charge in [0.2, 0.25) is 5.95 Å². The van der Waals surface area contributed by atoms with Gasteiger partial charge >= 0.3 is 6.09 Å². The minimum atomic E-state index is -0.495. The molecule has 0 radical (unpaired) electrons. The van der Waals surface area contributed by atoms with Gasteiger partial charge in [-0.05, 0) is 30.7 Å². The standard InChI is InChI=1S/C24H24FN7O2S/c1-2-34-24(33)32-9-7-31(8-10-32)14-16-3-6-21(26-12-16)29-23-27-13-18(25)22(30-23)17-4-5-19-20(11-17)35-15-28-19/h3-6,11-13,15H,2,7-10,14H2,1H3,(H,26,27,29,30). The van der Waals surface area contributed by atoms with Gasteiger partial charge < -0.3 is 15.0 Å². The second-order valence-corrected chi connectivity index (χ2v) is 8.95. The highest BCUT2D eigenvalue weighted by Crippen LogP contribution is 2.27. The van der Waals surface area contributed by atoms with Crippen LogP contribution in [0.2, 0.25) is 0 Å². The number of fused-ring (bicyclic) bond motifs is 1. The largest absolute Gasteiger partial charge is 0.450 e. The third-order valence-electron chi connectivity index (χ3n) is 5.72. The third kappa shape index (κ3) is 5.36. The maximum absolute atomic E-state index is 14.5. The number of nitrogens with one attached hydrogen (secondary N) is 1. The molecule has 0 atom stereocenters. The molecule has 1 amide bonds. The van der Waals surface area contributed by atoms with Crippen LogP contribution in [0, 0.1) is 5.82 Å². The SMILES string of the molecule is CCOC(=O)N1CCN(Cc2ccc(Nc3ncc(F)c(-c4ccc5ncsc5c4)n3)nc2)CC1. The van der Waals surface area contributed by atoms with Gasteiger partial charge in [-0.3, -0.25) is 4.90 Å². The van der Waals surface area contributed by atoms with Crippen LogP contribution in [0.15, 0.2) is 48.2 Å². The normalized spacial score (nSPS) is 14.3. The molecule has 180 valence electrons. The van der Waals surface area contributed by atoms with E-state index in [-0.39, 0.29) is 17.7 Å². The van der Waals surface area contributed by atoms with Crippen LogP contribution in [0.4, 0.5) is 21.0 Å². The molecule has 1 aliphatic heterocycles. The van der Waals surface area contributed by atoms with E-state index in [1.165, 1.54) is 11.3 Å². The average molecular weight is 494 g/mol. The monoisotopic (exact) mass is 493 g/mol. The first kappa shape index (κ1) is 23.1. The number of thiazole rings is 1. The average Bonchev–Trinajstić information content (AvgIpc) is 3.35. The van der Waals surface area contributed by atoms with Crippen LogP contribution >= 0.6 is 11.3 Å². The zero-order chi connectivity index (χ0) is 24.2. The maximum atomic E-state index is 14.5. The van der Waals surface area contributed by atoms with E-state index < -0.39 is 5.82 Å². The molecule has 35 heavy (non-hydrogen) atoms. The van der Waals surface area contributed by atoms with Crippen molar-refractivity contribution < 1.29 is 13.9 Å². The molecule has 5 rings (SSSR count). The van der Waals surface area contributed by atoms with Crippen LogP contribution in [0.3, 0.4) is 0 Å². The van der Waals surface area contributed by atoms with Gasteiger partial charge in [-0.15, -0.1) is 11.3 Å². The highest BCUT2D eigenvalue weighted by Gasteiger charge is 2.22. The minimum Gasteiger partial charge on any atom is -0.450 e. The number of piperazine rings is 1. The number of halogens is 1. The predicted octanol–water partition coefficient (Wildman–Crippen LogP) is 4.31. The quantitative estimate of drug-likeness (QED) is 0.425. The summed E-state index contributed by atoms with van der Waals surface area (Å²) in [5, 5.41) is 3.05. The van der Waals surface area contributed by atoms with Crippen molar-refractivity contribution >= 4 is 39.4 Å². The van der Waals surface area contributed by atoms with Crippen LogP contribution < -0.4 is 5.32 Å². The van der Waals surface area contributed by atoms with E-state index in [9.17, 15) is 9.18 Å². The van der Waals surface area contributed by atoms with Crippen molar-refractivity contribution in [3.63, 3.8) is 0 Å². The fraction of sp³-hybridized carbons (Fsp3) is 0.292. The van der Waals surface area contributed by atoms with Crippen molar-refractivity contribution in [1.82, 2.24) is 29.7 Å². The maximum Gasteiger partial charge on any atom is 0.409 e. The molecular formula is C24H24FN7O2S. The Hall–Kier alpha value is -3.70. The summed E-state index contributed by atoms with van der Waals surface area (Å²) < 4.78 is 20.5. The van der Waals surface area contributed by atoms with Crippen LogP contribution in [-0.4, -0.2) is 68.6 Å². The Morgan fingerprint density at radius 3 is 2.74 bits per heavy atom. The molecule has 0 bridgehead atoms. The molecule has 1 saturated heterocycles. The Balaban J connectivity index is 1.21. The number of anilines is 2. The zero-order valence-corrected chi connectivity index (χ0v) is 20.0. The number of amides is 1.